The Kier molecular flexibility index (Phi) is 3.16. The third-order valence-corrected chi connectivity index (χ3v) is 3.77. The quantitative estimate of drug-likeness (QED) is 0.776. The number of amides is 1. The number of benzene rings is 1. The van der Waals surface area contributed by atoms with Gasteiger partial charge in [-0.05, 0) is 37.0 Å². The monoisotopic (exact) mass is 259 g/mol. The summed E-state index contributed by atoms with van der Waals surface area (Å²) >= 11 is 0. The van der Waals surface area contributed by atoms with Crippen LogP contribution >= 0.6 is 0 Å². The highest BCUT2D eigenvalue weighted by molar-refractivity contribution is 5.93. The van der Waals surface area contributed by atoms with Gasteiger partial charge in [0.1, 0.15) is 11.0 Å². The third kappa shape index (κ3) is 2.58. The number of H-pyrrole nitrogens is 1. The molecular weight excluding hydrogens is 242 g/mol. The van der Waals surface area contributed by atoms with Crippen LogP contribution in [0.4, 0.5) is 5.69 Å². The molecule has 0 bridgehead atoms. The lowest BCUT2D eigenvalue weighted by atomic mass is 10.00. The lowest BCUT2D eigenvalue weighted by Gasteiger charge is -2.14. The Balaban J connectivity index is 1.65. The van der Waals surface area contributed by atoms with E-state index in [0.717, 1.165) is 36.0 Å². The fourth-order valence-electron chi connectivity index (χ4n) is 2.69. The van der Waals surface area contributed by atoms with Crippen molar-refractivity contribution < 1.29 is 4.79 Å². The van der Waals surface area contributed by atoms with E-state index in [-0.39, 0.29) is 11.9 Å². The van der Waals surface area contributed by atoms with Gasteiger partial charge in [0.2, 0.25) is 5.91 Å². The molecule has 1 saturated carbocycles. The van der Waals surface area contributed by atoms with Crippen LogP contribution in [0.15, 0.2) is 18.2 Å². The van der Waals surface area contributed by atoms with Crippen molar-refractivity contribution in [1.29, 1.82) is 0 Å². The van der Waals surface area contributed by atoms with Gasteiger partial charge in [-0.3, -0.25) is 4.79 Å². The zero-order chi connectivity index (χ0) is 13.2. The van der Waals surface area contributed by atoms with E-state index in [9.17, 15) is 4.79 Å². The molecule has 1 aliphatic carbocycles. The second kappa shape index (κ2) is 4.97. The maximum atomic E-state index is 12.0. The van der Waals surface area contributed by atoms with E-state index in [4.69, 9.17) is 5.73 Å². The largest absolute Gasteiger partial charge is 0.327 e. The number of hydrogen-bond acceptors (Lipinski definition) is 4. The lowest BCUT2D eigenvalue weighted by molar-refractivity contribution is -0.117. The first-order valence-corrected chi connectivity index (χ1v) is 6.58. The van der Waals surface area contributed by atoms with E-state index < -0.39 is 0 Å². The number of nitrogens with zero attached hydrogens (tertiary/aromatic N) is 2. The minimum absolute atomic E-state index is 0.0187. The Hall–Kier alpha value is -1.95. The fourth-order valence-corrected chi connectivity index (χ4v) is 2.69. The van der Waals surface area contributed by atoms with Crippen molar-refractivity contribution in [2.45, 2.75) is 31.7 Å². The maximum Gasteiger partial charge on any atom is 0.224 e. The van der Waals surface area contributed by atoms with Gasteiger partial charge in [-0.1, -0.05) is 6.42 Å². The summed E-state index contributed by atoms with van der Waals surface area (Å²) in [6, 6.07) is 5.64. The first-order valence-electron chi connectivity index (χ1n) is 6.58. The fraction of sp³-hybridized carbons (Fsp3) is 0.462. The highest BCUT2D eigenvalue weighted by atomic mass is 16.1. The highest BCUT2D eigenvalue weighted by Gasteiger charge is 2.25. The molecule has 0 saturated heterocycles. The van der Waals surface area contributed by atoms with Crippen LogP contribution < -0.4 is 11.1 Å². The number of anilines is 1. The van der Waals surface area contributed by atoms with Crippen LogP contribution in [0.1, 0.15) is 25.7 Å². The summed E-state index contributed by atoms with van der Waals surface area (Å²) in [6.07, 6.45) is 3.71. The minimum Gasteiger partial charge on any atom is -0.327 e. The zero-order valence-electron chi connectivity index (χ0n) is 10.6. The van der Waals surface area contributed by atoms with Crippen molar-refractivity contribution in [3.8, 4) is 0 Å². The molecule has 1 aliphatic rings. The number of fused-ring (bicyclic) bond motifs is 1. The Morgan fingerprint density at radius 3 is 3.00 bits per heavy atom. The average Bonchev–Trinajstić information content (AvgIpc) is 2.98. The number of hydrogen-bond donors (Lipinski definition) is 3. The molecule has 0 spiro atoms. The number of nitrogens with two attached hydrogens (primary N) is 1. The van der Waals surface area contributed by atoms with Crippen LogP contribution in [-0.2, 0) is 4.79 Å². The molecule has 0 radical (unpaired) electrons. The van der Waals surface area contributed by atoms with Gasteiger partial charge in [0.15, 0.2) is 0 Å². The summed E-state index contributed by atoms with van der Waals surface area (Å²) in [6.45, 7) is 0. The van der Waals surface area contributed by atoms with E-state index in [1.54, 1.807) is 0 Å². The van der Waals surface area contributed by atoms with Crippen LogP contribution in [0.3, 0.4) is 0 Å². The maximum absolute atomic E-state index is 12.0. The van der Waals surface area contributed by atoms with Gasteiger partial charge in [-0.15, -0.1) is 0 Å². The van der Waals surface area contributed by atoms with Crippen LogP contribution in [0.25, 0.3) is 11.0 Å². The topological polar surface area (TPSA) is 96.7 Å². The molecule has 4 N–H and O–H groups in total. The van der Waals surface area contributed by atoms with Gasteiger partial charge in [0.05, 0.1) is 0 Å². The van der Waals surface area contributed by atoms with E-state index >= 15 is 0 Å². The predicted molar refractivity (Wildman–Crippen MR) is 72.5 cm³/mol. The number of aromatic nitrogens is 3. The summed E-state index contributed by atoms with van der Waals surface area (Å²) in [5.74, 6) is 0.334. The van der Waals surface area contributed by atoms with Crippen molar-refractivity contribution in [3.63, 3.8) is 0 Å². The molecule has 1 aromatic carbocycles. The van der Waals surface area contributed by atoms with Gasteiger partial charge in [-0.25, -0.2) is 0 Å². The molecule has 6 heteroatoms. The van der Waals surface area contributed by atoms with Gasteiger partial charge >= 0.3 is 0 Å². The molecule has 3 rings (SSSR count). The molecule has 6 nitrogen and oxygen atoms in total. The van der Waals surface area contributed by atoms with Crippen molar-refractivity contribution in [1.82, 2.24) is 15.4 Å². The number of nitrogens with one attached hydrogen (secondary N) is 2. The molecule has 100 valence electrons. The molecule has 19 heavy (non-hydrogen) atoms. The Morgan fingerprint density at radius 1 is 1.37 bits per heavy atom. The van der Waals surface area contributed by atoms with Gasteiger partial charge in [0.25, 0.3) is 0 Å². The van der Waals surface area contributed by atoms with E-state index in [0.29, 0.717) is 12.3 Å². The van der Waals surface area contributed by atoms with Crippen molar-refractivity contribution in [3.05, 3.63) is 18.2 Å². The Morgan fingerprint density at radius 2 is 2.21 bits per heavy atom. The smallest absolute Gasteiger partial charge is 0.224 e. The van der Waals surface area contributed by atoms with E-state index in [1.165, 1.54) is 0 Å². The molecule has 0 unspecified atom stereocenters. The highest BCUT2D eigenvalue weighted by Crippen LogP contribution is 2.27. The van der Waals surface area contributed by atoms with Crippen molar-refractivity contribution in [2.24, 2.45) is 11.7 Å². The van der Waals surface area contributed by atoms with Crippen molar-refractivity contribution >= 4 is 22.6 Å². The average molecular weight is 259 g/mol. The van der Waals surface area contributed by atoms with Gasteiger partial charge in [0, 0.05) is 18.2 Å². The standard InChI is InChI=1S/C13H17N5O/c14-10-3-1-2-8(10)6-13(19)15-9-4-5-11-12(7-9)17-18-16-11/h4-5,7-8,10H,1-3,6,14H2,(H,15,19)(H,16,17,18)/t8-,10+/m0/s1. The number of rotatable bonds is 3. The SMILES string of the molecule is N[C@@H]1CCC[C@H]1CC(=O)Nc1ccc2n[nH]nc2c1. The molecule has 1 heterocycles. The first-order chi connectivity index (χ1) is 9.22. The normalized spacial score (nSPS) is 22.8. The second-order valence-electron chi connectivity index (χ2n) is 5.13. The third-order valence-electron chi connectivity index (χ3n) is 3.77. The lowest BCUT2D eigenvalue weighted by Crippen LogP contribution is -2.28. The molecule has 1 amide bonds. The van der Waals surface area contributed by atoms with E-state index in [1.807, 2.05) is 18.2 Å². The van der Waals surface area contributed by atoms with Gasteiger partial charge < -0.3 is 11.1 Å². The molecule has 0 aliphatic heterocycles. The van der Waals surface area contributed by atoms with Gasteiger partial charge in [-0.2, -0.15) is 15.4 Å². The summed E-state index contributed by atoms with van der Waals surface area (Å²) in [5, 5.41) is 13.4. The number of aromatic amines is 1. The predicted octanol–water partition coefficient (Wildman–Crippen LogP) is 1.41. The molecule has 2 aromatic rings. The summed E-state index contributed by atoms with van der Waals surface area (Å²) in [7, 11) is 0. The summed E-state index contributed by atoms with van der Waals surface area (Å²) in [4.78, 5) is 12.0. The number of carbonyl (C=O) groups is 1. The Bertz CT molecular complexity index is 593. The van der Waals surface area contributed by atoms with E-state index in [2.05, 4.69) is 20.7 Å². The van der Waals surface area contributed by atoms with Crippen LogP contribution in [0.5, 0.6) is 0 Å². The summed E-state index contributed by atoms with van der Waals surface area (Å²) < 4.78 is 0. The molecule has 2 atom stereocenters. The second-order valence-corrected chi connectivity index (χ2v) is 5.13. The summed E-state index contributed by atoms with van der Waals surface area (Å²) in [5.41, 5.74) is 8.26. The van der Waals surface area contributed by atoms with Crippen LogP contribution in [0, 0.1) is 5.92 Å². The number of carbonyl (C=O) groups excluding carboxylic acids is 1. The Labute approximate surface area is 110 Å². The van der Waals surface area contributed by atoms with Crippen molar-refractivity contribution in [2.75, 3.05) is 5.32 Å². The van der Waals surface area contributed by atoms with Crippen LogP contribution in [-0.4, -0.2) is 27.4 Å². The molecular formula is C13H17N5O. The minimum atomic E-state index is 0.0187. The molecule has 1 fully saturated rings. The first kappa shape index (κ1) is 12.1. The zero-order valence-corrected chi connectivity index (χ0v) is 10.6. The molecule has 1 aromatic heterocycles. The van der Waals surface area contributed by atoms with Crippen LogP contribution in [0.2, 0.25) is 0 Å².